The van der Waals surface area contributed by atoms with Crippen LogP contribution in [0.2, 0.25) is 0 Å². The van der Waals surface area contributed by atoms with Crippen molar-refractivity contribution >= 4 is 5.69 Å². The van der Waals surface area contributed by atoms with Crippen molar-refractivity contribution in [2.24, 2.45) is 5.92 Å². The largest absolute Gasteiger partial charge is 0.367 e. The van der Waals surface area contributed by atoms with Gasteiger partial charge in [-0.2, -0.15) is 0 Å². The van der Waals surface area contributed by atoms with E-state index in [0.717, 1.165) is 31.2 Å². The molecule has 1 aromatic carbocycles. The average molecular weight is 206 g/mol. The summed E-state index contributed by atoms with van der Waals surface area (Å²) in [5, 5.41) is 3.40. The first kappa shape index (κ1) is 9.16. The van der Waals surface area contributed by atoms with Gasteiger partial charge < -0.3 is 10.2 Å². The van der Waals surface area contributed by atoms with Gasteiger partial charge in [0.25, 0.3) is 0 Å². The first-order valence-electron chi connectivity index (χ1n) is 5.57. The van der Waals surface area contributed by atoms with Gasteiger partial charge in [0.1, 0.15) is 5.82 Å². The molecule has 0 radical (unpaired) electrons. The van der Waals surface area contributed by atoms with Crippen molar-refractivity contribution in [1.29, 1.82) is 0 Å². The van der Waals surface area contributed by atoms with Crippen molar-refractivity contribution in [3.05, 3.63) is 30.1 Å². The number of fused-ring (bicyclic) bond motifs is 1. The smallest absolute Gasteiger partial charge is 0.125 e. The summed E-state index contributed by atoms with van der Waals surface area (Å²) < 4.78 is 13.1. The fourth-order valence-electron chi connectivity index (χ4n) is 2.82. The molecule has 0 saturated carbocycles. The first-order valence-corrected chi connectivity index (χ1v) is 5.57. The Bertz CT molecular complexity index is 366. The number of nitrogens with zero attached hydrogens (tertiary/aromatic N) is 1. The molecule has 2 aliphatic rings. The molecule has 2 heterocycles. The summed E-state index contributed by atoms with van der Waals surface area (Å²) in [5.41, 5.74) is 1.03. The lowest BCUT2D eigenvalue weighted by molar-refractivity contribution is 0.577. The number of rotatable bonds is 1. The van der Waals surface area contributed by atoms with E-state index in [1.807, 2.05) is 6.07 Å². The Labute approximate surface area is 89.1 Å². The number of anilines is 1. The van der Waals surface area contributed by atoms with Crippen LogP contribution < -0.4 is 10.2 Å². The minimum Gasteiger partial charge on any atom is -0.367 e. The summed E-state index contributed by atoms with van der Waals surface area (Å²) in [6.07, 6.45) is 1.23. The van der Waals surface area contributed by atoms with Crippen LogP contribution in [0.15, 0.2) is 24.3 Å². The maximum Gasteiger partial charge on any atom is 0.125 e. The number of hydrogen-bond donors (Lipinski definition) is 1. The maximum absolute atomic E-state index is 13.1. The third-order valence-electron chi connectivity index (χ3n) is 3.59. The van der Waals surface area contributed by atoms with Gasteiger partial charge in [0, 0.05) is 31.4 Å². The molecule has 1 aromatic rings. The summed E-state index contributed by atoms with van der Waals surface area (Å²) in [5.74, 6) is 0.621. The highest BCUT2D eigenvalue weighted by atomic mass is 19.1. The van der Waals surface area contributed by atoms with Crippen LogP contribution in [0.1, 0.15) is 6.42 Å². The van der Waals surface area contributed by atoms with Crippen molar-refractivity contribution in [3.8, 4) is 0 Å². The predicted octanol–water partition coefficient (Wildman–Crippen LogP) is 1.62. The Hall–Kier alpha value is -1.09. The Kier molecular flexibility index (Phi) is 2.13. The van der Waals surface area contributed by atoms with E-state index in [1.165, 1.54) is 12.5 Å². The molecule has 3 rings (SSSR count). The van der Waals surface area contributed by atoms with Crippen molar-refractivity contribution < 1.29 is 4.39 Å². The molecular weight excluding hydrogens is 191 g/mol. The predicted molar refractivity (Wildman–Crippen MR) is 58.5 cm³/mol. The molecule has 2 nitrogen and oxygen atoms in total. The molecule has 1 N–H and O–H groups in total. The molecule has 0 spiro atoms. The van der Waals surface area contributed by atoms with E-state index in [2.05, 4.69) is 10.2 Å². The Balaban J connectivity index is 1.88. The first-order chi connectivity index (χ1) is 7.34. The summed E-state index contributed by atoms with van der Waals surface area (Å²) in [7, 11) is 0. The van der Waals surface area contributed by atoms with Crippen LogP contribution in [0.5, 0.6) is 0 Å². The van der Waals surface area contributed by atoms with E-state index in [-0.39, 0.29) is 5.82 Å². The fourth-order valence-corrected chi connectivity index (χ4v) is 2.82. The van der Waals surface area contributed by atoms with Gasteiger partial charge in [0.2, 0.25) is 0 Å². The van der Waals surface area contributed by atoms with Crippen LogP contribution >= 0.6 is 0 Å². The summed E-state index contributed by atoms with van der Waals surface area (Å²) in [4.78, 5) is 2.34. The van der Waals surface area contributed by atoms with Crippen LogP contribution in [-0.4, -0.2) is 25.7 Å². The molecule has 15 heavy (non-hydrogen) atoms. The maximum atomic E-state index is 13.1. The highest BCUT2D eigenvalue weighted by molar-refractivity contribution is 5.49. The molecule has 2 atom stereocenters. The number of hydrogen-bond acceptors (Lipinski definition) is 2. The number of benzene rings is 1. The van der Waals surface area contributed by atoms with E-state index in [9.17, 15) is 4.39 Å². The Morgan fingerprint density at radius 1 is 1.33 bits per heavy atom. The van der Waals surface area contributed by atoms with Gasteiger partial charge in [-0.1, -0.05) is 6.07 Å². The van der Waals surface area contributed by atoms with Gasteiger partial charge in [0.15, 0.2) is 0 Å². The minimum atomic E-state index is -0.137. The Morgan fingerprint density at radius 2 is 2.27 bits per heavy atom. The van der Waals surface area contributed by atoms with Crippen LogP contribution in [0.25, 0.3) is 0 Å². The molecule has 0 aromatic heterocycles. The van der Waals surface area contributed by atoms with Gasteiger partial charge in [0.05, 0.1) is 0 Å². The van der Waals surface area contributed by atoms with Crippen LogP contribution in [0.4, 0.5) is 10.1 Å². The quantitative estimate of drug-likeness (QED) is 0.751. The molecule has 3 heteroatoms. The van der Waals surface area contributed by atoms with Gasteiger partial charge in [-0.25, -0.2) is 4.39 Å². The number of halogens is 1. The monoisotopic (exact) mass is 206 g/mol. The van der Waals surface area contributed by atoms with E-state index >= 15 is 0 Å². The summed E-state index contributed by atoms with van der Waals surface area (Å²) in [6, 6.07) is 7.52. The third-order valence-corrected chi connectivity index (χ3v) is 3.59. The zero-order valence-corrected chi connectivity index (χ0v) is 8.62. The molecule has 0 aliphatic carbocycles. The lowest BCUT2D eigenvalue weighted by Crippen LogP contribution is -2.34. The van der Waals surface area contributed by atoms with Crippen molar-refractivity contribution in [1.82, 2.24) is 5.32 Å². The molecule has 2 aliphatic heterocycles. The molecule has 0 bridgehead atoms. The molecule has 0 unspecified atom stereocenters. The molecule has 2 saturated heterocycles. The lowest BCUT2D eigenvalue weighted by atomic mass is 10.1. The van der Waals surface area contributed by atoms with E-state index < -0.39 is 0 Å². The highest BCUT2D eigenvalue weighted by Crippen LogP contribution is 2.31. The fraction of sp³-hybridized carbons (Fsp3) is 0.500. The second-order valence-corrected chi connectivity index (χ2v) is 4.45. The molecule has 80 valence electrons. The zero-order valence-electron chi connectivity index (χ0n) is 8.62. The van der Waals surface area contributed by atoms with Crippen molar-refractivity contribution in [3.63, 3.8) is 0 Å². The average Bonchev–Trinajstić information content (AvgIpc) is 2.77. The standard InChI is InChI=1S/C12H15FN2/c13-10-2-1-3-11(6-10)15-5-4-9-7-14-8-12(9)15/h1-3,6,9,12,14H,4-5,7-8H2/t9-,12+/m1/s1. The topological polar surface area (TPSA) is 15.3 Å². The van der Waals surface area contributed by atoms with E-state index in [4.69, 9.17) is 0 Å². The highest BCUT2D eigenvalue weighted by Gasteiger charge is 2.37. The zero-order chi connectivity index (χ0) is 10.3. The molecular formula is C12H15FN2. The number of nitrogens with one attached hydrogen (secondary N) is 1. The van der Waals surface area contributed by atoms with Gasteiger partial charge in [-0.05, 0) is 30.5 Å². The summed E-state index contributed by atoms with van der Waals surface area (Å²) >= 11 is 0. The van der Waals surface area contributed by atoms with E-state index in [0.29, 0.717) is 6.04 Å². The minimum absolute atomic E-state index is 0.137. The Morgan fingerprint density at radius 3 is 3.13 bits per heavy atom. The van der Waals surface area contributed by atoms with Crippen molar-refractivity contribution in [2.45, 2.75) is 12.5 Å². The normalized spacial score (nSPS) is 29.5. The third kappa shape index (κ3) is 1.51. The second kappa shape index (κ2) is 3.49. The van der Waals surface area contributed by atoms with Gasteiger partial charge in [-0.3, -0.25) is 0 Å². The lowest BCUT2D eigenvalue weighted by Gasteiger charge is -2.25. The SMILES string of the molecule is Fc1cccc(N2CC[C@@H]3CNC[C@@H]32)c1. The van der Waals surface area contributed by atoms with Crippen molar-refractivity contribution in [2.75, 3.05) is 24.5 Å². The molecule has 0 amide bonds. The van der Waals surface area contributed by atoms with Gasteiger partial charge >= 0.3 is 0 Å². The molecule has 2 fully saturated rings. The summed E-state index contributed by atoms with van der Waals surface area (Å²) in [6.45, 7) is 3.23. The van der Waals surface area contributed by atoms with Crippen LogP contribution in [0.3, 0.4) is 0 Å². The van der Waals surface area contributed by atoms with Gasteiger partial charge in [-0.15, -0.1) is 0 Å². The second-order valence-electron chi connectivity index (χ2n) is 4.45. The van der Waals surface area contributed by atoms with Crippen LogP contribution in [0, 0.1) is 11.7 Å². The van der Waals surface area contributed by atoms with E-state index in [1.54, 1.807) is 12.1 Å². The van der Waals surface area contributed by atoms with Crippen LogP contribution in [-0.2, 0) is 0 Å².